The van der Waals surface area contributed by atoms with Crippen LogP contribution in [-0.2, 0) is 14.3 Å². The number of benzene rings is 1. The van der Waals surface area contributed by atoms with Crippen LogP contribution in [0.25, 0.3) is 11.3 Å². The molecule has 0 aliphatic carbocycles. The number of ether oxygens (including phenoxy) is 3. The number of esters is 1. The maximum Gasteiger partial charge on any atom is 0.407 e. The minimum absolute atomic E-state index is 0.00296. The lowest BCUT2D eigenvalue weighted by atomic mass is 10.0. The van der Waals surface area contributed by atoms with Crippen molar-refractivity contribution in [1.82, 2.24) is 10.3 Å². The van der Waals surface area contributed by atoms with Gasteiger partial charge in [0.25, 0.3) is 0 Å². The van der Waals surface area contributed by atoms with Gasteiger partial charge in [0.2, 0.25) is 0 Å². The number of methoxy groups -OCH3 is 1. The van der Waals surface area contributed by atoms with Crippen molar-refractivity contribution in [3.63, 3.8) is 0 Å². The summed E-state index contributed by atoms with van der Waals surface area (Å²) >= 11 is 0. The summed E-state index contributed by atoms with van der Waals surface area (Å²) in [5, 5.41) is 12.0. The number of unbranched alkanes of at least 4 members (excludes halogenated alkanes) is 3. The number of anilines is 1. The van der Waals surface area contributed by atoms with E-state index in [0.717, 1.165) is 38.5 Å². The molecule has 0 atom stereocenters. The van der Waals surface area contributed by atoms with E-state index >= 15 is 0 Å². The Kier molecular flexibility index (Phi) is 11.1. The van der Waals surface area contributed by atoms with Gasteiger partial charge in [-0.25, -0.2) is 14.2 Å². The fourth-order valence-electron chi connectivity index (χ4n) is 4.39. The molecule has 1 fully saturated rings. The van der Waals surface area contributed by atoms with E-state index in [-0.39, 0.29) is 17.6 Å². The van der Waals surface area contributed by atoms with Gasteiger partial charge in [-0.2, -0.15) is 5.26 Å². The molecule has 1 aliphatic heterocycles. The number of nitrogens with one attached hydrogen (secondary N) is 1. The van der Waals surface area contributed by atoms with Crippen molar-refractivity contribution in [3.05, 3.63) is 41.7 Å². The van der Waals surface area contributed by atoms with Crippen LogP contribution in [-0.4, -0.2) is 55.5 Å². The molecule has 40 heavy (non-hydrogen) atoms. The molecule has 9 nitrogen and oxygen atoms in total. The largest absolute Gasteiger partial charge is 0.493 e. The third-order valence-electron chi connectivity index (χ3n) is 6.48. The number of nitriles is 1. The molecule has 0 saturated carbocycles. The van der Waals surface area contributed by atoms with Crippen molar-refractivity contribution in [2.75, 3.05) is 31.7 Å². The molecule has 1 saturated heterocycles. The Morgan fingerprint density at radius 2 is 1.85 bits per heavy atom. The third-order valence-corrected chi connectivity index (χ3v) is 6.48. The summed E-state index contributed by atoms with van der Waals surface area (Å²) < 4.78 is 30.5. The first-order valence-corrected chi connectivity index (χ1v) is 13.7. The maximum atomic E-state index is 14.4. The Hall–Kier alpha value is -3.87. The smallest absolute Gasteiger partial charge is 0.407 e. The van der Waals surface area contributed by atoms with Gasteiger partial charge >= 0.3 is 12.1 Å². The van der Waals surface area contributed by atoms with Gasteiger partial charge in [-0.05, 0) is 58.6 Å². The van der Waals surface area contributed by atoms with Crippen molar-refractivity contribution in [3.8, 4) is 23.1 Å². The summed E-state index contributed by atoms with van der Waals surface area (Å²) in [7, 11) is 1.39. The number of amides is 1. The quantitative estimate of drug-likeness (QED) is 0.276. The highest BCUT2D eigenvalue weighted by molar-refractivity contribution is 5.69. The molecule has 0 radical (unpaired) electrons. The monoisotopic (exact) mass is 554 g/mol. The second-order valence-corrected chi connectivity index (χ2v) is 10.8. The number of rotatable bonds is 11. The first kappa shape index (κ1) is 30.7. The summed E-state index contributed by atoms with van der Waals surface area (Å²) in [6, 6.07) is 9.93. The van der Waals surface area contributed by atoms with Gasteiger partial charge in [0.1, 0.15) is 29.1 Å². The van der Waals surface area contributed by atoms with Crippen LogP contribution in [0.5, 0.6) is 5.75 Å². The van der Waals surface area contributed by atoms with Crippen LogP contribution < -0.4 is 15.0 Å². The Morgan fingerprint density at radius 1 is 1.12 bits per heavy atom. The normalized spacial score (nSPS) is 13.8. The average Bonchev–Trinajstić information content (AvgIpc) is 2.91. The number of halogens is 1. The molecule has 1 aromatic carbocycles. The molecule has 10 heteroatoms. The van der Waals surface area contributed by atoms with Crippen molar-refractivity contribution in [1.29, 1.82) is 5.26 Å². The molecule has 0 spiro atoms. The van der Waals surface area contributed by atoms with E-state index in [2.05, 4.69) is 15.0 Å². The molecular weight excluding hydrogens is 515 g/mol. The fraction of sp³-hybridized carbons (Fsp3) is 0.533. The molecule has 216 valence electrons. The first-order chi connectivity index (χ1) is 19.1. The summed E-state index contributed by atoms with van der Waals surface area (Å²) in [6.07, 6.45) is 4.86. The standard InChI is InChI=1S/C30H39FN4O5/c1-30(2,3)40-29(37)33-23-12-14-35(15-13-23)27-19-24(39-16-8-6-5-7-9-28(36)38-4)18-26(34-27)21-10-11-22(20-32)25(31)17-21/h10-11,17-19,23H,5-9,12-16H2,1-4H3,(H,33,37). The van der Waals surface area contributed by atoms with E-state index in [1.807, 2.05) is 32.9 Å². The number of carbonyl (C=O) groups is 2. The summed E-state index contributed by atoms with van der Waals surface area (Å²) in [6.45, 7) is 7.32. The highest BCUT2D eigenvalue weighted by Gasteiger charge is 2.25. The summed E-state index contributed by atoms with van der Waals surface area (Å²) in [4.78, 5) is 30.3. The minimum atomic E-state index is -0.601. The lowest BCUT2D eigenvalue weighted by Crippen LogP contribution is -2.46. The number of hydrogen-bond donors (Lipinski definition) is 1. The third kappa shape index (κ3) is 9.70. The van der Waals surface area contributed by atoms with E-state index in [1.165, 1.54) is 19.2 Å². The van der Waals surface area contributed by atoms with E-state index in [0.29, 0.717) is 48.9 Å². The molecule has 1 amide bonds. The Bertz CT molecular complexity index is 1200. The zero-order chi connectivity index (χ0) is 29.1. The van der Waals surface area contributed by atoms with Gasteiger partial charge in [0.05, 0.1) is 25.0 Å². The topological polar surface area (TPSA) is 114 Å². The van der Waals surface area contributed by atoms with Crippen molar-refractivity contribution < 1.29 is 28.2 Å². The van der Waals surface area contributed by atoms with Gasteiger partial charge in [-0.15, -0.1) is 0 Å². The first-order valence-electron chi connectivity index (χ1n) is 13.7. The molecule has 2 heterocycles. The van der Waals surface area contributed by atoms with Crippen LogP contribution in [0.1, 0.15) is 71.3 Å². The van der Waals surface area contributed by atoms with E-state index in [9.17, 15) is 14.0 Å². The second kappa shape index (κ2) is 14.5. The average molecular weight is 555 g/mol. The van der Waals surface area contributed by atoms with Gasteiger partial charge < -0.3 is 24.4 Å². The van der Waals surface area contributed by atoms with Crippen LogP contribution in [0.15, 0.2) is 30.3 Å². The summed E-state index contributed by atoms with van der Waals surface area (Å²) in [5.41, 5.74) is 0.512. The molecule has 3 rings (SSSR count). The minimum Gasteiger partial charge on any atom is -0.493 e. The predicted molar refractivity (Wildman–Crippen MR) is 150 cm³/mol. The molecule has 1 N–H and O–H groups in total. The zero-order valence-electron chi connectivity index (χ0n) is 23.8. The number of aromatic nitrogens is 1. The van der Waals surface area contributed by atoms with Gasteiger partial charge in [0, 0.05) is 43.2 Å². The molecule has 0 bridgehead atoms. The second-order valence-electron chi connectivity index (χ2n) is 10.8. The van der Waals surface area contributed by atoms with Crippen LogP contribution in [0.3, 0.4) is 0 Å². The fourth-order valence-corrected chi connectivity index (χ4v) is 4.39. The number of hydrogen-bond acceptors (Lipinski definition) is 8. The van der Waals surface area contributed by atoms with E-state index in [1.54, 1.807) is 12.1 Å². The summed E-state index contributed by atoms with van der Waals surface area (Å²) in [5.74, 6) is 0.520. The van der Waals surface area contributed by atoms with Crippen LogP contribution in [0, 0.1) is 17.1 Å². The van der Waals surface area contributed by atoms with E-state index < -0.39 is 17.5 Å². The van der Waals surface area contributed by atoms with Gasteiger partial charge in [0.15, 0.2) is 0 Å². The number of carbonyl (C=O) groups excluding carboxylic acids is 2. The molecular formula is C30H39FN4O5. The van der Waals surface area contributed by atoms with Crippen molar-refractivity contribution >= 4 is 17.9 Å². The molecule has 1 aliphatic rings. The Labute approximate surface area is 235 Å². The lowest BCUT2D eigenvalue weighted by molar-refractivity contribution is -0.140. The molecule has 0 unspecified atom stereocenters. The van der Waals surface area contributed by atoms with Crippen molar-refractivity contribution in [2.24, 2.45) is 0 Å². The van der Waals surface area contributed by atoms with Gasteiger partial charge in [-0.1, -0.05) is 18.9 Å². The number of alkyl carbamates (subject to hydrolysis) is 1. The molecule has 2 aromatic rings. The van der Waals surface area contributed by atoms with Gasteiger partial charge in [-0.3, -0.25) is 4.79 Å². The number of pyridine rings is 1. The van der Waals surface area contributed by atoms with Crippen LogP contribution in [0.4, 0.5) is 15.0 Å². The maximum absolute atomic E-state index is 14.4. The number of piperidine rings is 1. The van der Waals surface area contributed by atoms with Crippen LogP contribution >= 0.6 is 0 Å². The Morgan fingerprint density at radius 3 is 2.50 bits per heavy atom. The van der Waals surface area contributed by atoms with Crippen molar-refractivity contribution in [2.45, 2.75) is 77.4 Å². The van der Waals surface area contributed by atoms with E-state index in [4.69, 9.17) is 19.7 Å². The molecule has 1 aromatic heterocycles. The predicted octanol–water partition coefficient (Wildman–Crippen LogP) is 5.76. The Balaban J connectivity index is 1.67. The highest BCUT2D eigenvalue weighted by atomic mass is 19.1. The highest BCUT2D eigenvalue weighted by Crippen LogP contribution is 2.30. The number of nitrogens with zero attached hydrogens (tertiary/aromatic N) is 3. The lowest BCUT2D eigenvalue weighted by Gasteiger charge is -2.34. The van der Waals surface area contributed by atoms with Crippen LogP contribution in [0.2, 0.25) is 0 Å². The SMILES string of the molecule is COC(=O)CCCCCCOc1cc(-c2ccc(C#N)c(F)c2)nc(N2CCC(NC(=O)OC(C)(C)C)CC2)c1. The zero-order valence-corrected chi connectivity index (χ0v) is 23.8.